The third-order valence-corrected chi connectivity index (χ3v) is 3.62. The molecule has 4 N–H and O–H groups in total. The van der Waals surface area contributed by atoms with Gasteiger partial charge in [0, 0.05) is 12.2 Å². The molecule has 108 valence electrons. The first kappa shape index (κ1) is 14.5. The van der Waals surface area contributed by atoms with Crippen molar-refractivity contribution in [3.8, 4) is 0 Å². The molecule has 1 fully saturated rings. The van der Waals surface area contributed by atoms with Crippen LogP contribution in [0.1, 0.15) is 25.5 Å². The third kappa shape index (κ3) is 2.81. The number of imide groups is 1. The van der Waals surface area contributed by atoms with Crippen molar-refractivity contribution in [2.24, 2.45) is 0 Å². The lowest BCUT2D eigenvalue weighted by Crippen LogP contribution is -2.64. The Labute approximate surface area is 117 Å². The van der Waals surface area contributed by atoms with E-state index in [1.54, 1.807) is 43.0 Å². The molecule has 1 aromatic rings. The minimum atomic E-state index is -0.838. The van der Waals surface area contributed by atoms with Crippen molar-refractivity contribution >= 4 is 17.5 Å². The minimum Gasteiger partial charge on any atom is -0.399 e. The Balaban J connectivity index is 2.15. The number of aliphatic hydroxyl groups is 1. The summed E-state index contributed by atoms with van der Waals surface area (Å²) in [4.78, 5) is 25.0. The molecule has 1 saturated heterocycles. The van der Waals surface area contributed by atoms with Gasteiger partial charge in [0.25, 0.3) is 0 Å². The Morgan fingerprint density at radius 1 is 1.45 bits per heavy atom. The van der Waals surface area contributed by atoms with E-state index in [-0.39, 0.29) is 24.9 Å². The zero-order chi connectivity index (χ0) is 14.9. The Bertz CT molecular complexity index is 542. The van der Waals surface area contributed by atoms with Gasteiger partial charge in [-0.05, 0) is 31.5 Å². The average Bonchev–Trinajstić information content (AvgIpc) is 2.36. The SMILES string of the molecule is CC1(C)C(=O)NC(=O)CN1CC(O)c1cccc(N)c1. The van der Waals surface area contributed by atoms with Gasteiger partial charge in [-0.15, -0.1) is 0 Å². The molecule has 1 aliphatic heterocycles. The number of β-amino-alcohol motifs (C(OH)–C–C–N with tert-alkyl or cyclic N) is 1. The number of rotatable bonds is 3. The topological polar surface area (TPSA) is 95.7 Å². The van der Waals surface area contributed by atoms with Crippen molar-refractivity contribution in [3.63, 3.8) is 0 Å². The van der Waals surface area contributed by atoms with Crippen LogP contribution in [-0.2, 0) is 9.59 Å². The molecule has 1 unspecified atom stereocenters. The molecule has 1 atom stereocenters. The van der Waals surface area contributed by atoms with E-state index in [9.17, 15) is 14.7 Å². The molecule has 0 aromatic heterocycles. The van der Waals surface area contributed by atoms with E-state index < -0.39 is 11.6 Å². The number of hydrogen-bond donors (Lipinski definition) is 3. The molecule has 1 aromatic carbocycles. The fourth-order valence-electron chi connectivity index (χ4n) is 2.21. The van der Waals surface area contributed by atoms with Gasteiger partial charge in [0.15, 0.2) is 0 Å². The summed E-state index contributed by atoms with van der Waals surface area (Å²) in [6.45, 7) is 3.72. The van der Waals surface area contributed by atoms with E-state index in [1.165, 1.54) is 0 Å². The summed E-state index contributed by atoms with van der Waals surface area (Å²) < 4.78 is 0. The summed E-state index contributed by atoms with van der Waals surface area (Å²) in [6.07, 6.45) is -0.809. The molecule has 2 amide bonds. The first-order valence-corrected chi connectivity index (χ1v) is 6.43. The van der Waals surface area contributed by atoms with E-state index in [2.05, 4.69) is 5.32 Å². The number of nitrogens with one attached hydrogen (secondary N) is 1. The van der Waals surface area contributed by atoms with E-state index >= 15 is 0 Å². The van der Waals surface area contributed by atoms with Gasteiger partial charge in [-0.1, -0.05) is 12.1 Å². The molecule has 1 aliphatic rings. The molecule has 0 aliphatic carbocycles. The number of nitrogen functional groups attached to an aromatic ring is 1. The Morgan fingerprint density at radius 2 is 2.15 bits per heavy atom. The van der Waals surface area contributed by atoms with Gasteiger partial charge in [-0.2, -0.15) is 0 Å². The first-order chi connectivity index (χ1) is 9.30. The van der Waals surface area contributed by atoms with Crippen LogP contribution in [0.5, 0.6) is 0 Å². The molecule has 20 heavy (non-hydrogen) atoms. The van der Waals surface area contributed by atoms with Gasteiger partial charge in [-0.25, -0.2) is 0 Å². The number of carbonyl (C=O) groups is 2. The fourth-order valence-corrected chi connectivity index (χ4v) is 2.21. The van der Waals surface area contributed by atoms with Crippen LogP contribution in [0.2, 0.25) is 0 Å². The van der Waals surface area contributed by atoms with Crippen LogP contribution in [-0.4, -0.2) is 40.4 Å². The number of carbonyl (C=O) groups excluding carboxylic acids is 2. The fraction of sp³-hybridized carbons (Fsp3) is 0.429. The molecule has 6 nitrogen and oxygen atoms in total. The first-order valence-electron chi connectivity index (χ1n) is 6.43. The van der Waals surface area contributed by atoms with Crippen LogP contribution >= 0.6 is 0 Å². The standard InChI is InChI=1S/C14H19N3O3/c1-14(2)13(20)16-12(19)8-17(14)7-11(18)9-4-3-5-10(15)6-9/h3-6,11,18H,7-8,15H2,1-2H3,(H,16,19,20). The minimum absolute atomic E-state index is 0.0815. The highest BCUT2D eigenvalue weighted by molar-refractivity contribution is 6.02. The molecular formula is C14H19N3O3. The molecule has 0 radical (unpaired) electrons. The highest BCUT2D eigenvalue weighted by Gasteiger charge is 2.41. The summed E-state index contributed by atoms with van der Waals surface area (Å²) in [5.41, 5.74) is 6.08. The highest BCUT2D eigenvalue weighted by Crippen LogP contribution is 2.23. The molecule has 6 heteroatoms. The number of benzene rings is 1. The van der Waals surface area contributed by atoms with Gasteiger partial charge >= 0.3 is 0 Å². The van der Waals surface area contributed by atoms with E-state index in [4.69, 9.17) is 5.73 Å². The summed E-state index contributed by atoms with van der Waals surface area (Å²) in [5.74, 6) is -0.706. The quantitative estimate of drug-likeness (QED) is 0.535. The number of nitrogens with two attached hydrogens (primary N) is 1. The van der Waals surface area contributed by atoms with Crippen LogP contribution in [0, 0.1) is 0 Å². The maximum absolute atomic E-state index is 11.8. The Morgan fingerprint density at radius 3 is 2.80 bits per heavy atom. The molecular weight excluding hydrogens is 258 g/mol. The summed E-state index contributed by atoms with van der Waals surface area (Å²) in [6, 6.07) is 6.94. The zero-order valence-corrected chi connectivity index (χ0v) is 11.6. The largest absolute Gasteiger partial charge is 0.399 e. The molecule has 0 spiro atoms. The molecule has 2 rings (SSSR count). The Kier molecular flexibility index (Phi) is 3.78. The summed E-state index contributed by atoms with van der Waals surface area (Å²) in [7, 11) is 0. The van der Waals surface area contributed by atoms with Gasteiger partial charge < -0.3 is 10.8 Å². The zero-order valence-electron chi connectivity index (χ0n) is 11.6. The van der Waals surface area contributed by atoms with Crippen molar-refractivity contribution in [2.45, 2.75) is 25.5 Å². The van der Waals surface area contributed by atoms with Gasteiger partial charge in [0.1, 0.15) is 0 Å². The number of amides is 2. The van der Waals surface area contributed by atoms with Crippen LogP contribution in [0.15, 0.2) is 24.3 Å². The lowest BCUT2D eigenvalue weighted by molar-refractivity contribution is -0.146. The van der Waals surface area contributed by atoms with Crippen LogP contribution in [0.25, 0.3) is 0 Å². The maximum atomic E-state index is 11.8. The van der Waals surface area contributed by atoms with Crippen LogP contribution in [0.3, 0.4) is 0 Å². The lowest BCUT2D eigenvalue weighted by atomic mass is 9.97. The maximum Gasteiger partial charge on any atom is 0.246 e. The molecule has 0 bridgehead atoms. The predicted molar refractivity (Wildman–Crippen MR) is 74.6 cm³/mol. The Hall–Kier alpha value is -1.92. The van der Waals surface area contributed by atoms with E-state index in [1.807, 2.05) is 0 Å². The third-order valence-electron chi connectivity index (χ3n) is 3.62. The van der Waals surface area contributed by atoms with Gasteiger partial charge in [0.2, 0.25) is 11.8 Å². The van der Waals surface area contributed by atoms with Crippen molar-refractivity contribution in [2.75, 3.05) is 18.8 Å². The number of hydrogen-bond acceptors (Lipinski definition) is 5. The van der Waals surface area contributed by atoms with Crippen LogP contribution < -0.4 is 11.1 Å². The monoisotopic (exact) mass is 277 g/mol. The molecule has 0 saturated carbocycles. The second-order valence-corrected chi connectivity index (χ2v) is 5.50. The summed E-state index contributed by atoms with van der Waals surface area (Å²) in [5, 5.41) is 12.6. The number of aliphatic hydroxyl groups excluding tert-OH is 1. The van der Waals surface area contributed by atoms with Crippen molar-refractivity contribution in [1.29, 1.82) is 0 Å². The van der Waals surface area contributed by atoms with E-state index in [0.29, 0.717) is 11.3 Å². The van der Waals surface area contributed by atoms with Crippen LogP contribution in [0.4, 0.5) is 5.69 Å². The van der Waals surface area contributed by atoms with Crippen molar-refractivity contribution in [1.82, 2.24) is 10.2 Å². The number of anilines is 1. The van der Waals surface area contributed by atoms with Crippen molar-refractivity contribution < 1.29 is 14.7 Å². The van der Waals surface area contributed by atoms with Crippen molar-refractivity contribution in [3.05, 3.63) is 29.8 Å². The smallest absolute Gasteiger partial charge is 0.246 e. The second-order valence-electron chi connectivity index (χ2n) is 5.50. The second kappa shape index (κ2) is 5.22. The van der Waals surface area contributed by atoms with E-state index in [0.717, 1.165) is 0 Å². The predicted octanol–water partition coefficient (Wildman–Crippen LogP) is 0.0392. The summed E-state index contributed by atoms with van der Waals surface area (Å²) >= 11 is 0. The normalized spacial score (nSPS) is 20.6. The number of piperazine rings is 1. The average molecular weight is 277 g/mol. The highest BCUT2D eigenvalue weighted by atomic mass is 16.3. The number of nitrogens with zero attached hydrogens (tertiary/aromatic N) is 1. The lowest BCUT2D eigenvalue weighted by Gasteiger charge is -2.41. The molecule has 1 heterocycles. The van der Waals surface area contributed by atoms with Gasteiger partial charge in [0.05, 0.1) is 18.2 Å². The van der Waals surface area contributed by atoms with Gasteiger partial charge in [-0.3, -0.25) is 19.8 Å².